The second kappa shape index (κ2) is 8.36. The summed E-state index contributed by atoms with van der Waals surface area (Å²) in [6.45, 7) is 4.70. The van der Waals surface area contributed by atoms with E-state index in [4.69, 9.17) is 14.4 Å². The number of aliphatic carboxylic acids is 1. The second-order valence-electron chi connectivity index (χ2n) is 11.3. The molecule has 2 N–H and O–H groups in total. The van der Waals surface area contributed by atoms with Gasteiger partial charge in [-0.3, -0.25) is 4.79 Å². The molecule has 0 bridgehead atoms. The van der Waals surface area contributed by atoms with Crippen LogP contribution in [0.1, 0.15) is 83.1 Å². The highest BCUT2D eigenvalue weighted by Crippen LogP contribution is 2.69. The average Bonchev–Trinajstić information content (AvgIpc) is 3.08. The van der Waals surface area contributed by atoms with E-state index in [0.29, 0.717) is 5.92 Å². The minimum Gasteiger partial charge on any atom is -0.481 e. The monoisotopic (exact) mass is 469 g/mol. The van der Waals surface area contributed by atoms with Crippen molar-refractivity contribution in [3.05, 3.63) is 46.0 Å². The Balaban J connectivity index is 1.37. The first-order chi connectivity index (χ1) is 16.2. The SMILES string of the molecule is C[C@]12CCC(=NOCCC(=O)O)C=C1CCC1C2CC[C@]2(C)[C@@H](c3ccc(=O)oc3)CC[C@]12O. The van der Waals surface area contributed by atoms with E-state index in [9.17, 15) is 14.7 Å². The number of carboxylic acids is 1. The molecule has 4 aliphatic carbocycles. The predicted octanol–water partition coefficient (Wildman–Crippen LogP) is 4.65. The van der Waals surface area contributed by atoms with Crippen LogP contribution in [-0.2, 0) is 9.63 Å². The maximum atomic E-state index is 12.3. The summed E-state index contributed by atoms with van der Waals surface area (Å²) >= 11 is 0. The number of hydrogen-bond acceptors (Lipinski definition) is 6. The van der Waals surface area contributed by atoms with Crippen molar-refractivity contribution in [1.82, 2.24) is 0 Å². The fraction of sp³-hybridized carbons (Fsp3) is 0.667. The molecule has 3 saturated carbocycles. The normalized spacial score (nSPS) is 40.1. The summed E-state index contributed by atoms with van der Waals surface area (Å²) in [5.41, 5.74) is 2.06. The van der Waals surface area contributed by atoms with Gasteiger partial charge < -0.3 is 19.5 Å². The predicted molar refractivity (Wildman–Crippen MR) is 127 cm³/mol. The Labute approximate surface area is 199 Å². The standard InChI is InChI=1S/C27H35NO6/c1-25-11-7-19(28-34-14-10-23(29)30)15-18(25)4-5-22-21(25)8-12-26(2)20(9-13-27(22,26)32)17-3-6-24(31)33-16-17/h3,6,15-16,20-22,32H,4-5,7-14H2,1-2H3,(H,29,30)/t20-,21?,22?,25+,26-,27+/m1/s1. The Bertz CT molecular complexity index is 1070. The van der Waals surface area contributed by atoms with Crippen molar-refractivity contribution in [2.45, 2.75) is 83.2 Å². The van der Waals surface area contributed by atoms with Gasteiger partial charge in [0.25, 0.3) is 0 Å². The Morgan fingerprint density at radius 3 is 2.71 bits per heavy atom. The van der Waals surface area contributed by atoms with E-state index >= 15 is 0 Å². The number of nitrogens with zero attached hydrogens (tertiary/aromatic N) is 1. The molecule has 6 atom stereocenters. The molecule has 1 heterocycles. The highest BCUT2D eigenvalue weighted by atomic mass is 16.6. The molecule has 0 aromatic carbocycles. The lowest BCUT2D eigenvalue weighted by Crippen LogP contribution is -2.60. The summed E-state index contributed by atoms with van der Waals surface area (Å²) in [6, 6.07) is 3.37. The number of carbonyl (C=O) groups is 1. The van der Waals surface area contributed by atoms with Crippen LogP contribution in [0.2, 0.25) is 0 Å². The van der Waals surface area contributed by atoms with Crippen LogP contribution in [0.3, 0.4) is 0 Å². The number of fused-ring (bicyclic) bond motifs is 5. The molecule has 0 saturated heterocycles. The average molecular weight is 470 g/mol. The fourth-order valence-corrected chi connectivity index (χ4v) is 7.98. The van der Waals surface area contributed by atoms with Crippen LogP contribution >= 0.6 is 0 Å². The maximum Gasteiger partial charge on any atom is 0.335 e. The molecule has 0 aliphatic heterocycles. The van der Waals surface area contributed by atoms with Crippen LogP contribution in [0.5, 0.6) is 0 Å². The van der Waals surface area contributed by atoms with E-state index in [1.54, 1.807) is 6.26 Å². The molecule has 3 fully saturated rings. The largest absolute Gasteiger partial charge is 0.481 e. The zero-order valence-electron chi connectivity index (χ0n) is 20.1. The molecular formula is C27H35NO6. The number of allylic oxidation sites excluding steroid dienone is 2. The van der Waals surface area contributed by atoms with Gasteiger partial charge in [0.15, 0.2) is 0 Å². The maximum absolute atomic E-state index is 12.3. The molecule has 0 amide bonds. The number of oxime groups is 1. The first-order valence-electron chi connectivity index (χ1n) is 12.6. The fourth-order valence-electron chi connectivity index (χ4n) is 7.98. The van der Waals surface area contributed by atoms with Crippen LogP contribution in [0, 0.1) is 22.7 Å². The van der Waals surface area contributed by atoms with Gasteiger partial charge in [-0.2, -0.15) is 0 Å². The lowest BCUT2D eigenvalue weighted by molar-refractivity contribution is -0.176. The van der Waals surface area contributed by atoms with E-state index in [1.807, 2.05) is 6.07 Å². The molecular weight excluding hydrogens is 434 g/mol. The van der Waals surface area contributed by atoms with Gasteiger partial charge in [0.2, 0.25) is 0 Å². The number of aliphatic hydroxyl groups is 1. The Kier molecular flexibility index (Phi) is 5.74. The van der Waals surface area contributed by atoms with Crippen molar-refractivity contribution in [2.24, 2.45) is 27.8 Å². The Morgan fingerprint density at radius 1 is 1.15 bits per heavy atom. The van der Waals surface area contributed by atoms with E-state index < -0.39 is 11.6 Å². The molecule has 5 rings (SSSR count). The summed E-state index contributed by atoms with van der Waals surface area (Å²) in [4.78, 5) is 27.4. The third kappa shape index (κ3) is 3.55. The summed E-state index contributed by atoms with van der Waals surface area (Å²) < 4.78 is 5.18. The van der Waals surface area contributed by atoms with E-state index in [0.717, 1.165) is 62.6 Å². The van der Waals surface area contributed by atoms with Gasteiger partial charge in [-0.15, -0.1) is 0 Å². The highest BCUT2D eigenvalue weighted by Gasteiger charge is 2.66. The lowest BCUT2D eigenvalue weighted by atomic mass is 9.45. The van der Waals surface area contributed by atoms with Gasteiger partial charge in [-0.25, -0.2) is 4.79 Å². The van der Waals surface area contributed by atoms with Crippen molar-refractivity contribution in [2.75, 3.05) is 6.61 Å². The number of hydrogen-bond donors (Lipinski definition) is 2. The van der Waals surface area contributed by atoms with Crippen molar-refractivity contribution in [3.8, 4) is 0 Å². The zero-order valence-corrected chi connectivity index (χ0v) is 20.1. The molecule has 34 heavy (non-hydrogen) atoms. The smallest absolute Gasteiger partial charge is 0.335 e. The third-order valence-corrected chi connectivity index (χ3v) is 9.88. The molecule has 184 valence electrons. The third-order valence-electron chi connectivity index (χ3n) is 9.88. The number of carboxylic acid groups (broad SMARTS) is 1. The van der Waals surface area contributed by atoms with Crippen molar-refractivity contribution >= 4 is 11.7 Å². The minimum absolute atomic E-state index is 0.0394. The zero-order chi connectivity index (χ0) is 24.1. The minimum atomic E-state index is -0.888. The number of rotatable bonds is 5. The molecule has 1 aromatic heterocycles. The van der Waals surface area contributed by atoms with Crippen LogP contribution < -0.4 is 5.63 Å². The quantitative estimate of drug-likeness (QED) is 0.480. The first-order valence-corrected chi connectivity index (χ1v) is 12.6. The van der Waals surface area contributed by atoms with Gasteiger partial charge in [0, 0.05) is 11.5 Å². The summed E-state index contributed by atoms with van der Waals surface area (Å²) in [5, 5.41) is 25.3. The molecule has 0 spiro atoms. The van der Waals surface area contributed by atoms with Crippen LogP contribution in [-0.4, -0.2) is 34.1 Å². The molecule has 1 aromatic rings. The van der Waals surface area contributed by atoms with Crippen molar-refractivity contribution in [3.63, 3.8) is 0 Å². The molecule has 4 aliphatic rings. The van der Waals surface area contributed by atoms with E-state index in [1.165, 1.54) is 11.6 Å². The molecule has 2 unspecified atom stereocenters. The van der Waals surface area contributed by atoms with E-state index in [-0.39, 0.29) is 41.3 Å². The van der Waals surface area contributed by atoms with Gasteiger partial charge in [0.05, 0.1) is 24.0 Å². The lowest BCUT2D eigenvalue weighted by Gasteiger charge is -2.61. The van der Waals surface area contributed by atoms with Gasteiger partial charge >= 0.3 is 11.6 Å². The van der Waals surface area contributed by atoms with Crippen LogP contribution in [0.15, 0.2) is 44.4 Å². The molecule has 7 nitrogen and oxygen atoms in total. The van der Waals surface area contributed by atoms with Crippen molar-refractivity contribution in [1.29, 1.82) is 0 Å². The highest BCUT2D eigenvalue weighted by molar-refractivity contribution is 5.96. The summed E-state index contributed by atoms with van der Waals surface area (Å²) in [7, 11) is 0. The van der Waals surface area contributed by atoms with Gasteiger partial charge in [0.1, 0.15) is 6.61 Å². The van der Waals surface area contributed by atoms with Crippen LogP contribution in [0.25, 0.3) is 0 Å². The van der Waals surface area contributed by atoms with Gasteiger partial charge in [-0.05, 0) is 92.2 Å². The summed E-state index contributed by atoms with van der Waals surface area (Å²) in [5.74, 6) is -0.0196. The van der Waals surface area contributed by atoms with E-state index in [2.05, 4.69) is 25.1 Å². The molecule has 7 heteroatoms. The van der Waals surface area contributed by atoms with Crippen molar-refractivity contribution < 1.29 is 24.3 Å². The van der Waals surface area contributed by atoms with Crippen LogP contribution in [0.4, 0.5) is 0 Å². The molecule has 0 radical (unpaired) electrons. The second-order valence-corrected chi connectivity index (χ2v) is 11.3. The summed E-state index contributed by atoms with van der Waals surface area (Å²) in [6.07, 6.45) is 11.1. The topological polar surface area (TPSA) is 109 Å². The first kappa shape index (κ1) is 23.3. The Hall–Kier alpha value is -2.41. The van der Waals surface area contributed by atoms with Gasteiger partial charge in [-0.1, -0.05) is 24.6 Å². The Morgan fingerprint density at radius 2 is 1.97 bits per heavy atom.